The number of aryl methyl sites for hydroxylation is 1. The lowest BCUT2D eigenvalue weighted by molar-refractivity contribution is -0.141. The van der Waals surface area contributed by atoms with Crippen molar-refractivity contribution in [2.45, 2.75) is 58.8 Å². The van der Waals surface area contributed by atoms with Crippen LogP contribution in [-0.4, -0.2) is 37.9 Å². The Morgan fingerprint density at radius 1 is 1.29 bits per heavy atom. The van der Waals surface area contributed by atoms with Crippen molar-refractivity contribution in [1.82, 2.24) is 24.9 Å². The molecule has 2 amide bonds. The maximum atomic E-state index is 13.2. The smallest absolute Gasteiger partial charge is 0.350 e. The minimum absolute atomic E-state index is 0.0349. The Morgan fingerprint density at radius 3 is 2.52 bits per heavy atom. The number of alkyl halides is 3. The van der Waals surface area contributed by atoms with Crippen LogP contribution in [0, 0.1) is 5.92 Å². The van der Waals surface area contributed by atoms with Crippen LogP contribution in [0.1, 0.15) is 61.4 Å². The lowest BCUT2D eigenvalue weighted by atomic mass is 10.2. The van der Waals surface area contributed by atoms with Crippen molar-refractivity contribution in [3.63, 3.8) is 0 Å². The second-order valence-corrected chi connectivity index (χ2v) is 8.25. The van der Waals surface area contributed by atoms with Crippen molar-refractivity contribution in [1.29, 1.82) is 0 Å². The minimum Gasteiger partial charge on any atom is -0.350 e. The van der Waals surface area contributed by atoms with Gasteiger partial charge in [0.1, 0.15) is 6.54 Å². The molecular formula is C19H24ClF3N6O2. The van der Waals surface area contributed by atoms with Crippen LogP contribution in [0.4, 0.5) is 18.9 Å². The number of halogens is 4. The Hall–Kier alpha value is -2.56. The summed E-state index contributed by atoms with van der Waals surface area (Å²) in [6.07, 6.45) is -1.84. The molecule has 2 aromatic heterocycles. The fourth-order valence-corrected chi connectivity index (χ4v) is 3.45. The van der Waals surface area contributed by atoms with E-state index in [-0.39, 0.29) is 28.9 Å². The van der Waals surface area contributed by atoms with Crippen molar-refractivity contribution in [3.05, 3.63) is 28.3 Å². The Balaban J connectivity index is 1.80. The van der Waals surface area contributed by atoms with Crippen LogP contribution in [0.25, 0.3) is 0 Å². The van der Waals surface area contributed by atoms with Gasteiger partial charge in [0.2, 0.25) is 5.91 Å². The summed E-state index contributed by atoms with van der Waals surface area (Å²) in [7, 11) is 0. The summed E-state index contributed by atoms with van der Waals surface area (Å²) in [5.41, 5.74) is -0.775. The first kappa shape index (κ1) is 23.1. The van der Waals surface area contributed by atoms with Gasteiger partial charge in [-0.25, -0.2) is 0 Å². The summed E-state index contributed by atoms with van der Waals surface area (Å²) >= 11 is 5.94. The third-order valence-electron chi connectivity index (χ3n) is 4.70. The van der Waals surface area contributed by atoms with Crippen molar-refractivity contribution in [2.24, 2.45) is 5.92 Å². The van der Waals surface area contributed by atoms with E-state index in [4.69, 9.17) is 11.6 Å². The Bertz CT molecular complexity index is 978. The van der Waals surface area contributed by atoms with Gasteiger partial charge < -0.3 is 10.6 Å². The molecule has 0 bridgehead atoms. The number of carbonyl (C=O) groups is 2. The van der Waals surface area contributed by atoms with Gasteiger partial charge in [-0.1, -0.05) is 25.4 Å². The van der Waals surface area contributed by atoms with Crippen LogP contribution in [0.15, 0.2) is 6.20 Å². The minimum atomic E-state index is -4.72. The lowest BCUT2D eigenvalue weighted by Gasteiger charge is -2.09. The summed E-state index contributed by atoms with van der Waals surface area (Å²) in [5, 5.41) is 12.6. The molecule has 0 aliphatic heterocycles. The van der Waals surface area contributed by atoms with Gasteiger partial charge in [-0.15, -0.1) is 0 Å². The fraction of sp³-hybridized carbons (Fsp3) is 0.579. The lowest BCUT2D eigenvalue weighted by Crippen LogP contribution is -2.29. The molecule has 0 unspecified atom stereocenters. The fourth-order valence-electron chi connectivity index (χ4n) is 3.05. The molecule has 3 rings (SSSR count). The number of hydrogen-bond acceptors (Lipinski definition) is 4. The van der Waals surface area contributed by atoms with Crippen LogP contribution >= 0.6 is 11.6 Å². The number of nitrogens with one attached hydrogen (secondary N) is 2. The second kappa shape index (κ2) is 8.89. The molecule has 170 valence electrons. The normalized spacial score (nSPS) is 14.2. The number of anilines is 1. The molecule has 0 aromatic carbocycles. The van der Waals surface area contributed by atoms with Gasteiger partial charge in [-0.3, -0.25) is 19.0 Å². The van der Waals surface area contributed by atoms with Gasteiger partial charge >= 0.3 is 6.18 Å². The summed E-state index contributed by atoms with van der Waals surface area (Å²) in [6, 6.07) is 0. The average Bonchev–Trinajstić information content (AvgIpc) is 3.33. The molecule has 1 saturated carbocycles. The van der Waals surface area contributed by atoms with Crippen LogP contribution in [0.2, 0.25) is 5.02 Å². The van der Waals surface area contributed by atoms with E-state index >= 15 is 0 Å². The van der Waals surface area contributed by atoms with Crippen LogP contribution in [-0.2, 0) is 24.1 Å². The van der Waals surface area contributed by atoms with Gasteiger partial charge in [0.05, 0.1) is 16.4 Å². The molecule has 31 heavy (non-hydrogen) atoms. The van der Waals surface area contributed by atoms with Gasteiger partial charge in [-0.05, 0) is 25.7 Å². The van der Waals surface area contributed by atoms with E-state index in [0.717, 1.165) is 4.68 Å². The molecule has 1 aliphatic rings. The van der Waals surface area contributed by atoms with E-state index in [1.54, 1.807) is 0 Å². The number of amides is 2. The van der Waals surface area contributed by atoms with Gasteiger partial charge in [0.15, 0.2) is 11.4 Å². The Labute approximate surface area is 182 Å². The zero-order valence-electron chi connectivity index (χ0n) is 17.4. The highest BCUT2D eigenvalue weighted by molar-refractivity contribution is 6.32. The third kappa shape index (κ3) is 5.38. The zero-order valence-corrected chi connectivity index (χ0v) is 18.1. The topological polar surface area (TPSA) is 93.8 Å². The summed E-state index contributed by atoms with van der Waals surface area (Å²) < 4.78 is 42.1. The maximum Gasteiger partial charge on any atom is 0.436 e. The van der Waals surface area contributed by atoms with E-state index in [0.29, 0.717) is 25.9 Å². The quantitative estimate of drug-likeness (QED) is 0.628. The molecule has 2 aromatic rings. The highest BCUT2D eigenvalue weighted by Gasteiger charge is 2.42. The zero-order chi connectivity index (χ0) is 22.9. The molecule has 0 saturated heterocycles. The Morgan fingerprint density at radius 2 is 1.97 bits per heavy atom. The predicted octanol–water partition coefficient (Wildman–Crippen LogP) is 3.67. The summed E-state index contributed by atoms with van der Waals surface area (Å²) in [4.78, 5) is 25.1. The molecule has 12 heteroatoms. The molecule has 1 fully saturated rings. The van der Waals surface area contributed by atoms with E-state index in [1.165, 1.54) is 10.9 Å². The van der Waals surface area contributed by atoms with Gasteiger partial charge in [0, 0.05) is 25.2 Å². The van der Waals surface area contributed by atoms with Crippen molar-refractivity contribution < 1.29 is 22.8 Å². The molecule has 1 aliphatic carbocycles. The van der Waals surface area contributed by atoms with Crippen molar-refractivity contribution in [2.75, 3.05) is 11.9 Å². The largest absolute Gasteiger partial charge is 0.436 e. The maximum absolute atomic E-state index is 13.2. The van der Waals surface area contributed by atoms with Gasteiger partial charge in [-0.2, -0.15) is 23.4 Å². The van der Waals surface area contributed by atoms with Crippen LogP contribution in [0.3, 0.4) is 0 Å². The standard InChI is InChI=1S/C19H24ClF3N6O2/c1-4-28-8-12(15(26-28)18(31)24-7-10(2)3)25-13(30)9-29-16(11-5-6-11)14(20)17(27-29)19(21,22)23/h8,10-11H,4-7,9H2,1-3H3,(H,24,31)(H,25,30). The number of hydrogen-bond donors (Lipinski definition) is 2. The monoisotopic (exact) mass is 460 g/mol. The molecule has 0 spiro atoms. The molecule has 0 atom stereocenters. The van der Waals surface area contributed by atoms with E-state index < -0.39 is 35.3 Å². The van der Waals surface area contributed by atoms with Crippen LogP contribution in [0.5, 0.6) is 0 Å². The first-order chi connectivity index (χ1) is 14.5. The van der Waals surface area contributed by atoms with Crippen LogP contribution < -0.4 is 10.6 Å². The average molecular weight is 461 g/mol. The molecule has 2 heterocycles. The number of nitrogens with zero attached hydrogens (tertiary/aromatic N) is 4. The predicted molar refractivity (Wildman–Crippen MR) is 108 cm³/mol. The highest BCUT2D eigenvalue weighted by atomic mass is 35.5. The molecule has 0 radical (unpaired) electrons. The molecule has 2 N–H and O–H groups in total. The number of aromatic nitrogens is 4. The second-order valence-electron chi connectivity index (χ2n) is 7.88. The Kier molecular flexibility index (Phi) is 6.63. The SMILES string of the molecule is CCn1cc(NC(=O)Cn2nc(C(F)(F)F)c(Cl)c2C2CC2)c(C(=O)NCC(C)C)n1. The number of rotatable bonds is 8. The van der Waals surface area contributed by atoms with Crippen molar-refractivity contribution >= 4 is 29.1 Å². The van der Waals surface area contributed by atoms with Crippen molar-refractivity contribution in [3.8, 4) is 0 Å². The van der Waals surface area contributed by atoms with E-state index in [1.807, 2.05) is 20.8 Å². The number of carbonyl (C=O) groups excluding carboxylic acids is 2. The van der Waals surface area contributed by atoms with E-state index in [9.17, 15) is 22.8 Å². The molecule has 8 nitrogen and oxygen atoms in total. The summed E-state index contributed by atoms with van der Waals surface area (Å²) in [5.74, 6) is -1.01. The molecular weight excluding hydrogens is 437 g/mol. The van der Waals surface area contributed by atoms with Gasteiger partial charge in [0.25, 0.3) is 5.91 Å². The third-order valence-corrected chi connectivity index (χ3v) is 5.08. The first-order valence-electron chi connectivity index (χ1n) is 10.00. The summed E-state index contributed by atoms with van der Waals surface area (Å²) in [6.45, 7) is 6.13. The highest BCUT2D eigenvalue weighted by Crippen LogP contribution is 2.46. The first-order valence-corrected chi connectivity index (χ1v) is 10.4. The van der Waals surface area contributed by atoms with E-state index in [2.05, 4.69) is 20.8 Å².